The smallest absolute Gasteiger partial charge is 0.247 e. The fourth-order valence-electron chi connectivity index (χ4n) is 4.42. The second-order valence-electron chi connectivity index (χ2n) is 7.67. The predicted octanol–water partition coefficient (Wildman–Crippen LogP) is 3.05. The molecule has 4 rings (SSSR count). The summed E-state index contributed by atoms with van der Waals surface area (Å²) in [4.78, 5) is 14.9. The zero-order valence-corrected chi connectivity index (χ0v) is 15.8. The van der Waals surface area contributed by atoms with Gasteiger partial charge in [0.05, 0.1) is 0 Å². The van der Waals surface area contributed by atoms with E-state index in [0.717, 1.165) is 12.1 Å². The van der Waals surface area contributed by atoms with Crippen molar-refractivity contribution in [2.45, 2.75) is 51.0 Å². The number of fused-ring (bicyclic) bond motifs is 1. The summed E-state index contributed by atoms with van der Waals surface area (Å²) in [6, 6.07) is 10.4. The summed E-state index contributed by atoms with van der Waals surface area (Å²) in [5, 5.41) is 11.3. The third kappa shape index (κ3) is 4.56. The molecule has 2 atom stereocenters. The summed E-state index contributed by atoms with van der Waals surface area (Å²) < 4.78 is 5.68. The zero-order chi connectivity index (χ0) is 18.5. The summed E-state index contributed by atoms with van der Waals surface area (Å²) in [5.41, 5.74) is 0.898. The number of amides is 1. The fourth-order valence-corrected chi connectivity index (χ4v) is 4.42. The second kappa shape index (κ2) is 8.65. The first-order valence-corrected chi connectivity index (χ1v) is 10.2. The molecule has 1 N–H and O–H groups in total. The van der Waals surface area contributed by atoms with E-state index in [4.69, 9.17) is 4.42 Å². The van der Waals surface area contributed by atoms with Gasteiger partial charge in [0.25, 0.3) is 0 Å². The number of aromatic nitrogens is 2. The van der Waals surface area contributed by atoms with Crippen molar-refractivity contribution < 1.29 is 9.21 Å². The number of hydrogen-bond donors (Lipinski definition) is 1. The molecule has 2 aliphatic rings. The number of rotatable bonds is 6. The molecular weight excluding hydrogens is 340 g/mol. The van der Waals surface area contributed by atoms with Gasteiger partial charge in [-0.15, -0.1) is 10.2 Å². The lowest BCUT2D eigenvalue weighted by molar-refractivity contribution is -0.121. The van der Waals surface area contributed by atoms with Crippen LogP contribution in [-0.2, 0) is 11.2 Å². The Kier molecular flexibility index (Phi) is 5.82. The maximum atomic E-state index is 12.3. The molecule has 0 unspecified atom stereocenters. The first kappa shape index (κ1) is 18.2. The summed E-state index contributed by atoms with van der Waals surface area (Å²) >= 11 is 0. The third-order valence-corrected chi connectivity index (χ3v) is 5.84. The predicted molar refractivity (Wildman–Crippen MR) is 103 cm³/mol. The number of hydrogen-bond acceptors (Lipinski definition) is 5. The Morgan fingerprint density at radius 2 is 1.96 bits per heavy atom. The number of nitrogens with zero attached hydrogens (tertiary/aromatic N) is 3. The number of piperidine rings is 2. The van der Waals surface area contributed by atoms with E-state index >= 15 is 0 Å². The van der Waals surface area contributed by atoms with Crippen molar-refractivity contribution >= 4 is 5.91 Å². The van der Waals surface area contributed by atoms with Gasteiger partial charge in [-0.25, -0.2) is 0 Å². The number of carbonyl (C=O) groups is 1. The molecular formula is C21H28N4O2. The minimum Gasteiger partial charge on any atom is -0.421 e. The molecule has 0 bridgehead atoms. The van der Waals surface area contributed by atoms with Crippen molar-refractivity contribution in [1.82, 2.24) is 20.4 Å². The quantitative estimate of drug-likeness (QED) is 0.848. The molecule has 0 aliphatic carbocycles. The molecule has 2 fully saturated rings. The van der Waals surface area contributed by atoms with E-state index in [0.29, 0.717) is 36.6 Å². The molecule has 1 amide bonds. The Bertz CT molecular complexity index is 744. The molecule has 2 saturated heterocycles. The van der Waals surface area contributed by atoms with Crippen LogP contribution in [0.2, 0.25) is 0 Å². The molecule has 6 heteroatoms. The standard InChI is InChI=1S/C21H28N4O2/c26-19(22-15-17-9-6-14-25-13-5-4-10-18(17)25)11-12-20-23-24-21(27-20)16-7-2-1-3-8-16/h1-3,7-8,17-18H,4-6,9-15H2,(H,22,26)/t17-,18-/m0/s1. The molecule has 0 saturated carbocycles. The first-order chi connectivity index (χ1) is 13.3. The number of benzene rings is 1. The van der Waals surface area contributed by atoms with Crippen LogP contribution >= 0.6 is 0 Å². The molecule has 2 aliphatic heterocycles. The molecule has 6 nitrogen and oxygen atoms in total. The highest BCUT2D eigenvalue weighted by Crippen LogP contribution is 2.30. The molecule has 0 spiro atoms. The lowest BCUT2D eigenvalue weighted by Gasteiger charge is -2.44. The minimum atomic E-state index is 0.0717. The van der Waals surface area contributed by atoms with Crippen molar-refractivity contribution in [1.29, 1.82) is 0 Å². The maximum Gasteiger partial charge on any atom is 0.247 e. The molecule has 3 heterocycles. The van der Waals surface area contributed by atoms with E-state index < -0.39 is 0 Å². The van der Waals surface area contributed by atoms with Gasteiger partial charge in [-0.3, -0.25) is 4.79 Å². The summed E-state index contributed by atoms with van der Waals surface area (Å²) in [6.07, 6.45) is 7.28. The largest absolute Gasteiger partial charge is 0.421 e. The van der Waals surface area contributed by atoms with E-state index in [9.17, 15) is 4.79 Å². The summed E-state index contributed by atoms with van der Waals surface area (Å²) in [7, 11) is 0. The van der Waals surface area contributed by atoms with Gasteiger partial charge < -0.3 is 14.6 Å². The topological polar surface area (TPSA) is 71.3 Å². The summed E-state index contributed by atoms with van der Waals surface area (Å²) in [5.74, 6) is 1.68. The van der Waals surface area contributed by atoms with Gasteiger partial charge in [-0.1, -0.05) is 24.6 Å². The van der Waals surface area contributed by atoms with Gasteiger partial charge in [0.1, 0.15) is 0 Å². The molecule has 144 valence electrons. The van der Waals surface area contributed by atoms with Crippen molar-refractivity contribution in [3.8, 4) is 11.5 Å². The van der Waals surface area contributed by atoms with Crippen LogP contribution in [0.25, 0.3) is 11.5 Å². The van der Waals surface area contributed by atoms with Gasteiger partial charge in [0.15, 0.2) is 0 Å². The Hall–Kier alpha value is -2.21. The second-order valence-corrected chi connectivity index (χ2v) is 7.67. The third-order valence-electron chi connectivity index (χ3n) is 5.84. The van der Waals surface area contributed by atoms with Crippen LogP contribution in [-0.4, -0.2) is 46.7 Å². The molecule has 0 radical (unpaired) electrons. The van der Waals surface area contributed by atoms with Crippen LogP contribution in [0.3, 0.4) is 0 Å². The Balaban J connectivity index is 1.24. The van der Waals surface area contributed by atoms with Crippen LogP contribution in [0.1, 0.15) is 44.4 Å². The van der Waals surface area contributed by atoms with Crippen molar-refractivity contribution in [3.05, 3.63) is 36.2 Å². The SMILES string of the molecule is O=C(CCc1nnc(-c2ccccc2)o1)NC[C@@H]1CCCN2CCCC[C@@H]12. The Morgan fingerprint density at radius 3 is 2.85 bits per heavy atom. The monoisotopic (exact) mass is 368 g/mol. The average Bonchev–Trinajstić information content (AvgIpc) is 3.20. The van der Waals surface area contributed by atoms with E-state index in [2.05, 4.69) is 20.4 Å². The van der Waals surface area contributed by atoms with Crippen LogP contribution in [0.4, 0.5) is 0 Å². The van der Waals surface area contributed by atoms with Crippen LogP contribution in [0, 0.1) is 5.92 Å². The van der Waals surface area contributed by atoms with Gasteiger partial charge in [-0.05, 0) is 56.8 Å². The fraction of sp³-hybridized carbons (Fsp3) is 0.571. The van der Waals surface area contributed by atoms with E-state index in [1.807, 2.05) is 30.3 Å². The van der Waals surface area contributed by atoms with Gasteiger partial charge in [-0.2, -0.15) is 0 Å². The van der Waals surface area contributed by atoms with E-state index in [1.54, 1.807) is 0 Å². The highest BCUT2D eigenvalue weighted by molar-refractivity contribution is 5.76. The first-order valence-electron chi connectivity index (χ1n) is 10.2. The van der Waals surface area contributed by atoms with Gasteiger partial charge in [0, 0.05) is 31.0 Å². The van der Waals surface area contributed by atoms with E-state index in [1.165, 1.54) is 45.2 Å². The summed E-state index contributed by atoms with van der Waals surface area (Å²) in [6.45, 7) is 3.26. The van der Waals surface area contributed by atoms with Crippen molar-refractivity contribution in [3.63, 3.8) is 0 Å². The minimum absolute atomic E-state index is 0.0717. The number of aryl methyl sites for hydroxylation is 1. The maximum absolute atomic E-state index is 12.3. The highest BCUT2D eigenvalue weighted by atomic mass is 16.4. The molecule has 1 aromatic carbocycles. The van der Waals surface area contributed by atoms with E-state index in [-0.39, 0.29) is 5.91 Å². The number of nitrogens with one attached hydrogen (secondary N) is 1. The zero-order valence-electron chi connectivity index (χ0n) is 15.8. The average molecular weight is 368 g/mol. The lowest BCUT2D eigenvalue weighted by Crippen LogP contribution is -2.51. The van der Waals surface area contributed by atoms with Crippen LogP contribution in [0.15, 0.2) is 34.7 Å². The lowest BCUT2D eigenvalue weighted by atomic mass is 9.83. The highest BCUT2D eigenvalue weighted by Gasteiger charge is 2.32. The van der Waals surface area contributed by atoms with Crippen LogP contribution in [0.5, 0.6) is 0 Å². The van der Waals surface area contributed by atoms with Crippen LogP contribution < -0.4 is 5.32 Å². The Labute approximate surface area is 160 Å². The van der Waals surface area contributed by atoms with Gasteiger partial charge in [0.2, 0.25) is 17.7 Å². The molecule has 2 aromatic rings. The van der Waals surface area contributed by atoms with Crippen molar-refractivity contribution in [2.24, 2.45) is 5.92 Å². The van der Waals surface area contributed by atoms with Crippen molar-refractivity contribution in [2.75, 3.05) is 19.6 Å². The van der Waals surface area contributed by atoms with Gasteiger partial charge >= 0.3 is 0 Å². The number of carbonyl (C=O) groups excluding carboxylic acids is 1. The Morgan fingerprint density at radius 1 is 1.11 bits per heavy atom. The molecule has 27 heavy (non-hydrogen) atoms. The normalized spacial score (nSPS) is 23.0. The molecule has 1 aromatic heterocycles.